The molecule has 2 rings (SSSR count). The van der Waals surface area contributed by atoms with Crippen LogP contribution in [0.1, 0.15) is 16.1 Å². The zero-order chi connectivity index (χ0) is 13.0. The Kier molecular flexibility index (Phi) is 4.46. The average Bonchev–Trinajstić information content (AvgIpc) is 2.75. The van der Waals surface area contributed by atoms with Gasteiger partial charge in [0.05, 0.1) is 8.79 Å². The number of pyridine rings is 1. The van der Waals surface area contributed by atoms with Crippen molar-refractivity contribution >= 4 is 38.2 Å². The van der Waals surface area contributed by atoms with Crippen LogP contribution in [-0.2, 0) is 6.42 Å². The van der Waals surface area contributed by atoms with Crippen molar-refractivity contribution in [3.05, 3.63) is 45.5 Å². The second-order valence-corrected chi connectivity index (χ2v) is 6.10. The van der Waals surface area contributed by atoms with Crippen LogP contribution in [-0.4, -0.2) is 17.4 Å². The van der Waals surface area contributed by atoms with Crippen molar-refractivity contribution in [3.8, 4) is 0 Å². The van der Waals surface area contributed by atoms with Gasteiger partial charge in [-0.1, -0.05) is 0 Å². The smallest absolute Gasteiger partial charge is 0.256 e. The Morgan fingerprint density at radius 1 is 1.44 bits per heavy atom. The van der Waals surface area contributed by atoms with Gasteiger partial charge in [0.1, 0.15) is 0 Å². The lowest BCUT2D eigenvalue weighted by atomic mass is 10.2. The van der Waals surface area contributed by atoms with E-state index in [9.17, 15) is 4.79 Å². The van der Waals surface area contributed by atoms with Gasteiger partial charge in [-0.25, -0.2) is 0 Å². The lowest BCUT2D eigenvalue weighted by molar-refractivity contribution is 0.102. The summed E-state index contributed by atoms with van der Waals surface area (Å²) in [6.07, 6.45) is 2.30. The number of hydrogen-bond donors (Lipinski definition) is 2. The molecule has 0 spiro atoms. The van der Waals surface area contributed by atoms with E-state index >= 15 is 0 Å². The fraction of sp³-hybridized carbons (Fsp3) is 0.167. The summed E-state index contributed by atoms with van der Waals surface area (Å²) < 4.78 is 0.983. The summed E-state index contributed by atoms with van der Waals surface area (Å²) in [7, 11) is 0. The molecule has 2 aromatic heterocycles. The first kappa shape index (κ1) is 13.2. The first-order chi connectivity index (χ1) is 8.69. The van der Waals surface area contributed by atoms with Gasteiger partial charge in [-0.05, 0) is 46.7 Å². The van der Waals surface area contributed by atoms with Crippen molar-refractivity contribution in [2.24, 2.45) is 5.73 Å². The van der Waals surface area contributed by atoms with E-state index in [2.05, 4.69) is 26.2 Å². The molecule has 0 aliphatic heterocycles. The standard InChI is InChI=1S/C12H12BrN3OS/c13-10-1-2-11(18-10)16-12(17)8-4-6-15-9(7-8)3-5-14/h1-2,4,6-7H,3,5,14H2,(H,16,17). The zero-order valence-corrected chi connectivity index (χ0v) is 11.9. The van der Waals surface area contributed by atoms with E-state index in [1.165, 1.54) is 11.3 Å². The number of aromatic nitrogens is 1. The summed E-state index contributed by atoms with van der Waals surface area (Å²) in [6, 6.07) is 7.21. The van der Waals surface area contributed by atoms with Gasteiger partial charge >= 0.3 is 0 Å². The van der Waals surface area contributed by atoms with Crippen LogP contribution < -0.4 is 11.1 Å². The highest BCUT2D eigenvalue weighted by Crippen LogP contribution is 2.26. The van der Waals surface area contributed by atoms with Crippen molar-refractivity contribution in [2.75, 3.05) is 11.9 Å². The van der Waals surface area contributed by atoms with Gasteiger partial charge in [0.15, 0.2) is 0 Å². The first-order valence-corrected chi connectivity index (χ1v) is 7.01. The highest BCUT2D eigenvalue weighted by atomic mass is 79.9. The monoisotopic (exact) mass is 325 g/mol. The Balaban J connectivity index is 2.11. The van der Waals surface area contributed by atoms with Crippen LogP contribution >= 0.6 is 27.3 Å². The van der Waals surface area contributed by atoms with Gasteiger partial charge in [-0.3, -0.25) is 9.78 Å². The molecule has 2 heterocycles. The van der Waals surface area contributed by atoms with Crippen molar-refractivity contribution in [3.63, 3.8) is 0 Å². The molecular formula is C12H12BrN3OS. The van der Waals surface area contributed by atoms with Crippen LogP contribution in [0, 0.1) is 0 Å². The van der Waals surface area contributed by atoms with E-state index in [1.807, 2.05) is 12.1 Å². The second kappa shape index (κ2) is 6.08. The fourth-order valence-electron chi connectivity index (χ4n) is 1.47. The van der Waals surface area contributed by atoms with Crippen molar-refractivity contribution in [2.45, 2.75) is 6.42 Å². The molecule has 0 saturated carbocycles. The van der Waals surface area contributed by atoms with E-state index in [-0.39, 0.29) is 5.91 Å². The summed E-state index contributed by atoms with van der Waals surface area (Å²) >= 11 is 4.83. The van der Waals surface area contributed by atoms with Crippen LogP contribution in [0.15, 0.2) is 34.2 Å². The van der Waals surface area contributed by atoms with Crippen LogP contribution in [0.25, 0.3) is 0 Å². The third-order valence-electron chi connectivity index (χ3n) is 2.29. The number of hydrogen-bond acceptors (Lipinski definition) is 4. The van der Waals surface area contributed by atoms with Gasteiger partial charge < -0.3 is 11.1 Å². The minimum Gasteiger partial charge on any atom is -0.330 e. The largest absolute Gasteiger partial charge is 0.330 e. The highest BCUT2D eigenvalue weighted by Gasteiger charge is 2.08. The molecule has 0 saturated heterocycles. The van der Waals surface area contributed by atoms with Crippen LogP contribution in [0.2, 0.25) is 0 Å². The SMILES string of the molecule is NCCc1cc(C(=O)Nc2ccc(Br)s2)ccn1. The van der Waals surface area contributed by atoms with E-state index in [0.29, 0.717) is 18.5 Å². The Bertz CT molecular complexity index is 556. The van der Waals surface area contributed by atoms with Gasteiger partial charge in [0, 0.05) is 23.9 Å². The predicted molar refractivity (Wildman–Crippen MR) is 77.0 cm³/mol. The molecule has 0 radical (unpaired) electrons. The van der Waals surface area contributed by atoms with Crippen LogP contribution in [0.4, 0.5) is 5.00 Å². The molecule has 6 heteroatoms. The molecule has 1 amide bonds. The number of nitrogens with zero attached hydrogens (tertiary/aromatic N) is 1. The molecule has 0 bridgehead atoms. The van der Waals surface area contributed by atoms with Crippen LogP contribution in [0.3, 0.4) is 0 Å². The van der Waals surface area contributed by atoms with Gasteiger partial charge in [-0.15, -0.1) is 11.3 Å². The fourth-order valence-corrected chi connectivity index (χ4v) is 2.75. The maximum Gasteiger partial charge on any atom is 0.256 e. The third-order valence-corrected chi connectivity index (χ3v) is 3.83. The van der Waals surface area contributed by atoms with Crippen molar-refractivity contribution < 1.29 is 4.79 Å². The molecule has 0 aromatic carbocycles. The average molecular weight is 326 g/mol. The normalized spacial score (nSPS) is 10.3. The van der Waals surface area contributed by atoms with Gasteiger partial charge in [0.25, 0.3) is 5.91 Å². The molecule has 94 valence electrons. The molecule has 4 nitrogen and oxygen atoms in total. The summed E-state index contributed by atoms with van der Waals surface area (Å²) in [5.74, 6) is -0.134. The summed E-state index contributed by atoms with van der Waals surface area (Å²) in [6.45, 7) is 0.524. The molecular weight excluding hydrogens is 314 g/mol. The third kappa shape index (κ3) is 3.38. The Morgan fingerprint density at radius 3 is 2.94 bits per heavy atom. The topological polar surface area (TPSA) is 68.0 Å². The molecule has 0 aliphatic carbocycles. The van der Waals surface area contributed by atoms with E-state index in [1.54, 1.807) is 18.3 Å². The number of anilines is 1. The maximum absolute atomic E-state index is 12.0. The number of thiophene rings is 1. The molecule has 0 atom stereocenters. The zero-order valence-electron chi connectivity index (χ0n) is 9.52. The summed E-state index contributed by atoms with van der Waals surface area (Å²) in [4.78, 5) is 16.2. The van der Waals surface area contributed by atoms with Gasteiger partial charge in [-0.2, -0.15) is 0 Å². The molecule has 0 fully saturated rings. The molecule has 18 heavy (non-hydrogen) atoms. The molecule has 0 unspecified atom stereocenters. The number of amides is 1. The summed E-state index contributed by atoms with van der Waals surface area (Å²) in [5, 5.41) is 3.65. The lowest BCUT2D eigenvalue weighted by Crippen LogP contribution is -2.12. The predicted octanol–water partition coefficient (Wildman–Crippen LogP) is 2.66. The minimum absolute atomic E-state index is 0.134. The van der Waals surface area contributed by atoms with E-state index < -0.39 is 0 Å². The summed E-state index contributed by atoms with van der Waals surface area (Å²) in [5.41, 5.74) is 6.90. The lowest BCUT2D eigenvalue weighted by Gasteiger charge is -2.04. The van der Waals surface area contributed by atoms with Crippen molar-refractivity contribution in [1.29, 1.82) is 0 Å². The Morgan fingerprint density at radius 2 is 2.28 bits per heavy atom. The Hall–Kier alpha value is -1.24. The second-order valence-electron chi connectivity index (χ2n) is 3.63. The highest BCUT2D eigenvalue weighted by molar-refractivity contribution is 9.11. The number of nitrogens with one attached hydrogen (secondary N) is 1. The quantitative estimate of drug-likeness (QED) is 0.908. The number of nitrogens with two attached hydrogens (primary N) is 1. The molecule has 3 N–H and O–H groups in total. The number of carbonyl (C=O) groups is 1. The number of halogens is 1. The number of carbonyl (C=O) groups excluding carboxylic acids is 1. The van der Waals surface area contributed by atoms with E-state index in [4.69, 9.17) is 5.73 Å². The van der Waals surface area contributed by atoms with E-state index in [0.717, 1.165) is 14.5 Å². The van der Waals surface area contributed by atoms with Crippen molar-refractivity contribution in [1.82, 2.24) is 4.98 Å². The maximum atomic E-state index is 12.0. The minimum atomic E-state index is -0.134. The molecule has 0 aliphatic rings. The van der Waals surface area contributed by atoms with Gasteiger partial charge in [0.2, 0.25) is 0 Å². The number of rotatable bonds is 4. The van der Waals surface area contributed by atoms with Crippen LogP contribution in [0.5, 0.6) is 0 Å². The Labute approximate surface area is 117 Å². The first-order valence-electron chi connectivity index (χ1n) is 5.41. The molecule has 2 aromatic rings.